The van der Waals surface area contributed by atoms with Gasteiger partial charge < -0.3 is 15.0 Å². The fraction of sp³-hybridized carbons (Fsp3) is 0.381. The molecule has 0 aliphatic heterocycles. The number of benzene rings is 1. The third-order valence-electron chi connectivity index (χ3n) is 6.17. The Bertz CT molecular complexity index is 912. The van der Waals surface area contributed by atoms with Crippen LogP contribution in [0.4, 0.5) is 0 Å². The van der Waals surface area contributed by atoms with Gasteiger partial charge in [-0.2, -0.15) is 4.98 Å². The third-order valence-corrected chi connectivity index (χ3v) is 6.17. The zero-order valence-corrected chi connectivity index (χ0v) is 15.1. The Morgan fingerprint density at radius 3 is 2.33 bits per heavy atom. The summed E-state index contributed by atoms with van der Waals surface area (Å²) >= 11 is 0. The lowest BCUT2D eigenvalue weighted by molar-refractivity contribution is 0.0805. The number of nitrogens with zero attached hydrogens (tertiary/aromatic N) is 3. The van der Waals surface area contributed by atoms with E-state index in [1.165, 1.54) is 0 Å². The largest absolute Gasteiger partial charge is 0.456 e. The summed E-state index contributed by atoms with van der Waals surface area (Å²) in [5.41, 5.74) is 7.39. The number of nitrogens with two attached hydrogens (primary N) is 1. The summed E-state index contributed by atoms with van der Waals surface area (Å²) < 4.78 is 11.5. The minimum absolute atomic E-state index is 0.0235. The molecule has 3 aromatic rings. The van der Waals surface area contributed by atoms with Gasteiger partial charge in [-0.1, -0.05) is 5.16 Å². The summed E-state index contributed by atoms with van der Waals surface area (Å²) in [6.07, 6.45) is 9.68. The van der Waals surface area contributed by atoms with Crippen LogP contribution >= 0.6 is 0 Å². The number of ether oxygens (including phenoxy) is 1. The zero-order chi connectivity index (χ0) is 18.3. The summed E-state index contributed by atoms with van der Waals surface area (Å²) in [6.45, 7) is 0. The van der Waals surface area contributed by atoms with Crippen molar-refractivity contribution in [1.29, 1.82) is 0 Å². The molecule has 6 nitrogen and oxygen atoms in total. The lowest BCUT2D eigenvalue weighted by Gasteiger charge is -2.49. The number of rotatable bonds is 4. The smallest absolute Gasteiger partial charge is 0.233 e. The molecular weight excluding hydrogens is 340 g/mol. The highest BCUT2D eigenvalue weighted by Gasteiger charge is 2.50. The lowest BCUT2D eigenvalue weighted by Crippen LogP contribution is -2.53. The predicted molar refractivity (Wildman–Crippen MR) is 100 cm³/mol. The average Bonchev–Trinajstić information content (AvgIpc) is 3.21. The first kappa shape index (κ1) is 16.4. The van der Waals surface area contributed by atoms with Crippen LogP contribution in [-0.4, -0.2) is 20.7 Å². The van der Waals surface area contributed by atoms with E-state index in [0.717, 1.165) is 55.7 Å². The molecule has 2 bridgehead atoms. The molecule has 0 unspecified atom stereocenters. The van der Waals surface area contributed by atoms with Crippen LogP contribution in [-0.2, 0) is 5.41 Å². The normalized spacial score (nSPS) is 26.9. The predicted octanol–water partition coefficient (Wildman–Crippen LogP) is 4.23. The van der Waals surface area contributed by atoms with Gasteiger partial charge in [0.1, 0.15) is 11.5 Å². The van der Waals surface area contributed by atoms with Crippen molar-refractivity contribution >= 4 is 0 Å². The van der Waals surface area contributed by atoms with Crippen LogP contribution in [0.1, 0.15) is 44.4 Å². The SMILES string of the molecule is NC12CCC(c3nc(-c4ccc(Oc5cccnc5)cc4)no3)(CC1)CC2. The Hall–Kier alpha value is -2.73. The Morgan fingerprint density at radius 1 is 0.926 bits per heavy atom. The van der Waals surface area contributed by atoms with E-state index in [9.17, 15) is 0 Å². The van der Waals surface area contributed by atoms with Crippen molar-refractivity contribution in [1.82, 2.24) is 15.1 Å². The van der Waals surface area contributed by atoms with E-state index in [-0.39, 0.29) is 11.0 Å². The van der Waals surface area contributed by atoms with Gasteiger partial charge >= 0.3 is 0 Å². The number of fused-ring (bicyclic) bond motifs is 3. The molecule has 2 aromatic heterocycles. The van der Waals surface area contributed by atoms with E-state index in [4.69, 9.17) is 20.0 Å². The molecular formula is C21H22N4O2. The minimum Gasteiger partial charge on any atom is -0.456 e. The Morgan fingerprint density at radius 2 is 1.67 bits per heavy atom. The minimum atomic E-state index is 0.0235. The van der Waals surface area contributed by atoms with Gasteiger partial charge in [-0.3, -0.25) is 4.98 Å². The Balaban J connectivity index is 1.34. The molecule has 3 fully saturated rings. The summed E-state index contributed by atoms with van der Waals surface area (Å²) in [4.78, 5) is 8.79. The fourth-order valence-electron chi connectivity index (χ4n) is 4.31. The average molecular weight is 362 g/mol. The van der Waals surface area contributed by atoms with E-state index in [2.05, 4.69) is 10.1 Å². The first-order valence-electron chi connectivity index (χ1n) is 9.46. The molecule has 6 rings (SSSR count). The summed E-state index contributed by atoms with van der Waals surface area (Å²) in [5, 5.41) is 4.23. The monoisotopic (exact) mass is 362 g/mol. The van der Waals surface area contributed by atoms with Gasteiger partial charge in [0.15, 0.2) is 0 Å². The number of aromatic nitrogens is 3. The van der Waals surface area contributed by atoms with Gasteiger partial charge in [-0.15, -0.1) is 0 Å². The van der Waals surface area contributed by atoms with Crippen molar-refractivity contribution in [2.24, 2.45) is 5.73 Å². The van der Waals surface area contributed by atoms with Crippen LogP contribution in [0.3, 0.4) is 0 Å². The maximum atomic E-state index is 6.42. The molecule has 0 saturated heterocycles. The summed E-state index contributed by atoms with van der Waals surface area (Å²) in [6, 6.07) is 11.4. The van der Waals surface area contributed by atoms with Gasteiger partial charge in [0, 0.05) is 22.7 Å². The Labute approximate surface area is 157 Å². The molecule has 138 valence electrons. The van der Waals surface area contributed by atoms with Crippen molar-refractivity contribution in [2.45, 2.75) is 49.5 Å². The zero-order valence-electron chi connectivity index (χ0n) is 15.1. The highest BCUT2D eigenvalue weighted by Crippen LogP contribution is 2.52. The van der Waals surface area contributed by atoms with E-state index in [0.29, 0.717) is 11.6 Å². The molecule has 1 aromatic carbocycles. The summed E-state index contributed by atoms with van der Waals surface area (Å²) in [5.74, 6) is 2.85. The van der Waals surface area contributed by atoms with Crippen LogP contribution in [0.15, 0.2) is 53.3 Å². The molecule has 0 radical (unpaired) electrons. The second-order valence-corrected chi connectivity index (χ2v) is 7.88. The standard InChI is InChI=1S/C21H22N4O2/c22-21-10-7-20(8-11-21,9-12-21)19-24-18(25-27-19)15-3-5-16(6-4-15)26-17-2-1-13-23-14-17/h1-6,13-14H,7-12,22H2. The van der Waals surface area contributed by atoms with Crippen molar-refractivity contribution < 1.29 is 9.26 Å². The van der Waals surface area contributed by atoms with Crippen LogP contribution < -0.4 is 10.5 Å². The first-order chi connectivity index (χ1) is 13.1. The molecule has 6 heteroatoms. The number of pyridine rings is 1. The molecule has 2 heterocycles. The first-order valence-corrected chi connectivity index (χ1v) is 9.46. The van der Waals surface area contributed by atoms with Gasteiger partial charge in [0.05, 0.1) is 6.20 Å². The molecule has 3 aliphatic carbocycles. The molecule has 0 atom stereocenters. The van der Waals surface area contributed by atoms with Gasteiger partial charge in [-0.05, 0) is 74.9 Å². The quantitative estimate of drug-likeness (QED) is 0.747. The Kier molecular flexibility index (Phi) is 3.75. The molecule has 27 heavy (non-hydrogen) atoms. The van der Waals surface area contributed by atoms with E-state index in [1.807, 2.05) is 36.4 Å². The van der Waals surface area contributed by atoms with Crippen molar-refractivity contribution in [3.63, 3.8) is 0 Å². The van der Waals surface area contributed by atoms with Crippen molar-refractivity contribution in [2.75, 3.05) is 0 Å². The van der Waals surface area contributed by atoms with Crippen LogP contribution in [0, 0.1) is 0 Å². The second-order valence-electron chi connectivity index (χ2n) is 7.88. The number of hydrogen-bond donors (Lipinski definition) is 1. The fourth-order valence-corrected chi connectivity index (χ4v) is 4.31. The third kappa shape index (κ3) is 3.00. The van der Waals surface area contributed by atoms with E-state index < -0.39 is 0 Å². The molecule has 0 amide bonds. The second kappa shape index (κ2) is 6.16. The van der Waals surface area contributed by atoms with Crippen molar-refractivity contribution in [3.05, 3.63) is 54.7 Å². The molecule has 2 N–H and O–H groups in total. The highest BCUT2D eigenvalue weighted by molar-refractivity contribution is 5.56. The maximum Gasteiger partial charge on any atom is 0.233 e. The van der Waals surface area contributed by atoms with Crippen LogP contribution in [0.5, 0.6) is 11.5 Å². The van der Waals surface area contributed by atoms with Gasteiger partial charge in [0.25, 0.3) is 0 Å². The summed E-state index contributed by atoms with van der Waals surface area (Å²) in [7, 11) is 0. The van der Waals surface area contributed by atoms with Crippen LogP contribution in [0.2, 0.25) is 0 Å². The van der Waals surface area contributed by atoms with Gasteiger partial charge in [0.2, 0.25) is 11.7 Å². The maximum absolute atomic E-state index is 6.42. The highest BCUT2D eigenvalue weighted by atomic mass is 16.5. The molecule has 0 spiro atoms. The van der Waals surface area contributed by atoms with Crippen molar-refractivity contribution in [3.8, 4) is 22.9 Å². The number of hydrogen-bond acceptors (Lipinski definition) is 6. The van der Waals surface area contributed by atoms with E-state index >= 15 is 0 Å². The molecule has 3 saturated carbocycles. The lowest BCUT2D eigenvalue weighted by atomic mass is 9.57. The van der Waals surface area contributed by atoms with Crippen LogP contribution in [0.25, 0.3) is 11.4 Å². The molecule has 3 aliphatic rings. The van der Waals surface area contributed by atoms with E-state index in [1.54, 1.807) is 12.4 Å². The topological polar surface area (TPSA) is 87.1 Å². The van der Waals surface area contributed by atoms with Gasteiger partial charge in [-0.25, -0.2) is 0 Å².